The Labute approximate surface area is 190 Å². The molecule has 0 aliphatic heterocycles. The number of allylic oxidation sites excluding steroid dienone is 1. The third-order valence-corrected chi connectivity index (χ3v) is 5.18. The van der Waals surface area contributed by atoms with Crippen LogP contribution in [-0.4, -0.2) is 25.8 Å². The summed E-state index contributed by atoms with van der Waals surface area (Å²) in [5.41, 5.74) is 8.45. The van der Waals surface area contributed by atoms with Gasteiger partial charge in [0.15, 0.2) is 17.9 Å². The first-order chi connectivity index (χ1) is 15.6. The second kappa shape index (κ2) is 11.1. The summed E-state index contributed by atoms with van der Waals surface area (Å²) in [6.07, 6.45) is 4.74. The van der Waals surface area contributed by atoms with Crippen LogP contribution in [0.1, 0.15) is 27.4 Å². The van der Waals surface area contributed by atoms with Gasteiger partial charge in [-0.2, -0.15) is 0 Å². The van der Waals surface area contributed by atoms with Crippen molar-refractivity contribution in [1.29, 1.82) is 0 Å². The molecule has 2 N–H and O–H groups in total. The number of benzene rings is 3. The molecule has 0 amide bonds. The number of aliphatic imine (C=N–C) groups is 1. The number of hydrogen-bond acceptors (Lipinski definition) is 5. The predicted molar refractivity (Wildman–Crippen MR) is 127 cm³/mol. The van der Waals surface area contributed by atoms with Crippen LogP contribution < -0.4 is 10.6 Å². The van der Waals surface area contributed by atoms with Crippen molar-refractivity contribution in [3.05, 3.63) is 100 Å². The van der Waals surface area contributed by atoms with Crippen LogP contribution in [0.4, 0.5) is 4.39 Å². The fourth-order valence-corrected chi connectivity index (χ4v) is 3.55. The fourth-order valence-electron chi connectivity index (χ4n) is 3.34. The van der Waals surface area contributed by atoms with E-state index < -0.39 is 5.82 Å². The Morgan fingerprint density at radius 2 is 1.91 bits per heavy atom. The quantitative estimate of drug-likeness (QED) is 0.261. The maximum Gasteiger partial charge on any atom is 0.194 e. The summed E-state index contributed by atoms with van der Waals surface area (Å²) in [5, 5.41) is 3.97. The number of nitrogens with zero attached hydrogens (tertiary/aromatic N) is 2. The predicted octanol–water partition coefficient (Wildman–Crippen LogP) is 5.63. The zero-order valence-corrected chi connectivity index (χ0v) is 17.9. The smallest absolute Gasteiger partial charge is 0.194 e. The second-order valence-corrected chi connectivity index (χ2v) is 7.18. The lowest BCUT2D eigenvalue weighted by atomic mass is 9.88. The van der Waals surface area contributed by atoms with Gasteiger partial charge in [0, 0.05) is 40.4 Å². The van der Waals surface area contributed by atoms with Crippen molar-refractivity contribution in [2.45, 2.75) is 5.92 Å². The summed E-state index contributed by atoms with van der Waals surface area (Å²) >= 11 is 6.43. The van der Waals surface area contributed by atoms with E-state index >= 15 is 4.39 Å². The van der Waals surface area contributed by atoms with Crippen molar-refractivity contribution < 1.29 is 14.0 Å². The van der Waals surface area contributed by atoms with E-state index in [0.29, 0.717) is 23.4 Å². The number of rotatable bonds is 9. The Balaban J connectivity index is 2.08. The Hall–Kier alpha value is -3.61. The van der Waals surface area contributed by atoms with Gasteiger partial charge in [-0.05, 0) is 48.2 Å². The van der Waals surface area contributed by atoms with E-state index in [1.54, 1.807) is 12.1 Å². The molecule has 1 unspecified atom stereocenters. The van der Waals surface area contributed by atoms with Gasteiger partial charge in [0.25, 0.3) is 0 Å². The molecule has 0 aliphatic carbocycles. The first-order valence-electron chi connectivity index (χ1n) is 9.74. The molecule has 7 heteroatoms. The number of hydrogen-bond donors (Lipinski definition) is 1. The minimum Gasteiger partial charge on any atom is -0.354 e. The molecule has 3 aromatic carbocycles. The lowest BCUT2D eigenvalue weighted by molar-refractivity contribution is 0.112. The zero-order chi connectivity index (χ0) is 22.9. The van der Waals surface area contributed by atoms with E-state index in [9.17, 15) is 4.79 Å². The second-order valence-electron chi connectivity index (χ2n) is 6.77. The van der Waals surface area contributed by atoms with E-state index in [1.165, 1.54) is 30.6 Å². The SMILES string of the molecule is C=N/C=C\C=N/Oc1ccc(C=O)c(-c2cc(C(CN)c3ccccc3)ccc2Cl)c1F. The number of carbonyl (C=O) groups is 1. The summed E-state index contributed by atoms with van der Waals surface area (Å²) in [6, 6.07) is 17.8. The van der Waals surface area contributed by atoms with E-state index in [1.807, 2.05) is 36.4 Å². The lowest BCUT2D eigenvalue weighted by Gasteiger charge is -2.18. The standard InChI is InChI=1S/C25H21ClFN3O2/c1-29-12-5-13-30-32-23-11-9-19(16-31)24(25(23)27)20-14-18(8-10-22(20)26)21(15-28)17-6-3-2-4-7-17/h2-14,16,21H,1,15,28H2/b12-5-,30-13-. The molecule has 0 saturated heterocycles. The van der Waals surface area contributed by atoms with E-state index in [-0.39, 0.29) is 22.8 Å². The van der Waals surface area contributed by atoms with Crippen LogP contribution in [0.15, 0.2) is 83.1 Å². The molecule has 0 fully saturated rings. The van der Waals surface area contributed by atoms with Crippen LogP contribution in [0.3, 0.4) is 0 Å². The molecule has 0 saturated carbocycles. The Kier molecular flexibility index (Phi) is 8.02. The molecular weight excluding hydrogens is 429 g/mol. The van der Waals surface area contributed by atoms with Crippen molar-refractivity contribution in [2.75, 3.05) is 6.54 Å². The molecule has 0 spiro atoms. The van der Waals surface area contributed by atoms with Crippen LogP contribution in [0.25, 0.3) is 11.1 Å². The summed E-state index contributed by atoms with van der Waals surface area (Å²) in [7, 11) is 0. The van der Waals surface area contributed by atoms with Gasteiger partial charge in [-0.15, -0.1) is 0 Å². The highest BCUT2D eigenvalue weighted by Gasteiger charge is 2.21. The number of nitrogens with two attached hydrogens (primary N) is 1. The number of oxime groups is 1. The van der Waals surface area contributed by atoms with Gasteiger partial charge >= 0.3 is 0 Å². The molecule has 0 bridgehead atoms. The summed E-state index contributed by atoms with van der Waals surface area (Å²) in [4.78, 5) is 20.4. The molecule has 0 heterocycles. The van der Waals surface area contributed by atoms with Crippen LogP contribution in [0.2, 0.25) is 5.02 Å². The minimum atomic E-state index is -0.749. The molecule has 3 aromatic rings. The molecule has 162 valence electrons. The highest BCUT2D eigenvalue weighted by Crippen LogP contribution is 2.38. The van der Waals surface area contributed by atoms with E-state index in [0.717, 1.165) is 11.1 Å². The average molecular weight is 450 g/mol. The van der Waals surface area contributed by atoms with Gasteiger partial charge in [-0.3, -0.25) is 9.79 Å². The average Bonchev–Trinajstić information content (AvgIpc) is 2.82. The van der Waals surface area contributed by atoms with Crippen LogP contribution in [0, 0.1) is 5.82 Å². The van der Waals surface area contributed by atoms with Gasteiger partial charge in [-0.1, -0.05) is 53.2 Å². The molecule has 1 atom stereocenters. The largest absolute Gasteiger partial charge is 0.354 e. The normalized spacial score (nSPS) is 12.2. The molecule has 0 aliphatic rings. The summed E-state index contributed by atoms with van der Waals surface area (Å²) in [5.74, 6) is -1.02. The number of aldehydes is 1. The van der Waals surface area contributed by atoms with Crippen LogP contribution >= 0.6 is 11.6 Å². The molecule has 0 aromatic heterocycles. The van der Waals surface area contributed by atoms with Crippen molar-refractivity contribution in [3.63, 3.8) is 0 Å². The minimum absolute atomic E-state index is 0.0340. The Morgan fingerprint density at radius 3 is 2.59 bits per heavy atom. The Morgan fingerprint density at radius 1 is 1.12 bits per heavy atom. The van der Waals surface area contributed by atoms with Gasteiger partial charge in [0.05, 0.1) is 6.21 Å². The van der Waals surface area contributed by atoms with Gasteiger partial charge < -0.3 is 10.6 Å². The topological polar surface area (TPSA) is 77.0 Å². The lowest BCUT2D eigenvalue weighted by Crippen LogP contribution is -2.14. The van der Waals surface area contributed by atoms with Crippen LogP contribution in [-0.2, 0) is 0 Å². The van der Waals surface area contributed by atoms with Crippen molar-refractivity contribution in [3.8, 4) is 16.9 Å². The third-order valence-electron chi connectivity index (χ3n) is 4.85. The molecule has 5 nitrogen and oxygen atoms in total. The first kappa shape index (κ1) is 23.1. The first-order valence-corrected chi connectivity index (χ1v) is 10.1. The van der Waals surface area contributed by atoms with Crippen LogP contribution in [0.5, 0.6) is 5.75 Å². The molecular formula is C25H21ClFN3O2. The van der Waals surface area contributed by atoms with E-state index in [2.05, 4.69) is 16.9 Å². The molecule has 3 rings (SSSR count). The van der Waals surface area contributed by atoms with Gasteiger partial charge in [-0.25, -0.2) is 4.39 Å². The van der Waals surface area contributed by atoms with Crippen molar-refractivity contribution >= 4 is 30.8 Å². The highest BCUT2D eigenvalue weighted by atomic mass is 35.5. The number of halogens is 2. The zero-order valence-electron chi connectivity index (χ0n) is 17.1. The van der Waals surface area contributed by atoms with Crippen molar-refractivity contribution in [1.82, 2.24) is 0 Å². The molecule has 0 radical (unpaired) electrons. The van der Waals surface area contributed by atoms with Gasteiger partial charge in [0.1, 0.15) is 0 Å². The number of carbonyl (C=O) groups excluding carboxylic acids is 1. The van der Waals surface area contributed by atoms with Gasteiger partial charge in [0.2, 0.25) is 0 Å². The summed E-state index contributed by atoms with van der Waals surface area (Å²) in [6.45, 7) is 3.64. The van der Waals surface area contributed by atoms with Crippen molar-refractivity contribution in [2.24, 2.45) is 15.9 Å². The Bertz CT molecular complexity index is 1160. The monoisotopic (exact) mass is 449 g/mol. The summed E-state index contributed by atoms with van der Waals surface area (Å²) < 4.78 is 15.4. The third kappa shape index (κ3) is 5.17. The molecule has 32 heavy (non-hydrogen) atoms. The maximum atomic E-state index is 15.4. The highest BCUT2D eigenvalue weighted by molar-refractivity contribution is 6.33. The fraction of sp³-hybridized carbons (Fsp3) is 0.0800. The maximum absolute atomic E-state index is 15.4. The van der Waals surface area contributed by atoms with E-state index in [4.69, 9.17) is 22.2 Å².